The Labute approximate surface area is 161 Å². The highest BCUT2D eigenvalue weighted by Crippen LogP contribution is 2.59. The van der Waals surface area contributed by atoms with Gasteiger partial charge in [-0.3, -0.25) is 0 Å². The zero-order chi connectivity index (χ0) is 18.0. The number of imidazole rings is 1. The number of benzene rings is 2. The molecule has 3 aromatic rings. The Morgan fingerprint density at radius 3 is 2.26 bits per heavy atom. The van der Waals surface area contributed by atoms with Crippen LogP contribution in [0.25, 0.3) is 22.2 Å². The Morgan fingerprint density at radius 1 is 0.926 bits per heavy atom. The topological polar surface area (TPSA) is 17.8 Å². The number of fused-ring (bicyclic) bond motifs is 1. The molecule has 7 rings (SSSR count). The maximum absolute atomic E-state index is 5.13. The molecule has 0 N–H and O–H groups in total. The monoisotopic (exact) mass is 356 g/mol. The van der Waals surface area contributed by atoms with Crippen molar-refractivity contribution in [3.63, 3.8) is 0 Å². The van der Waals surface area contributed by atoms with Crippen LogP contribution in [0.4, 0.5) is 0 Å². The van der Waals surface area contributed by atoms with Crippen LogP contribution in [0.15, 0.2) is 48.7 Å². The average Bonchev–Trinajstić information content (AvgIpc) is 3.12. The standard InChI is InChI=1S/C25H28N2/c1-2-23-16-27(25-13-17-9-18(14-25)11-19(10-17)15-25)24(26-23)22-8-7-20-5-3-4-6-21(20)12-22/h3-8,12,16-19H,2,9-11,13-15H2,1H3. The van der Waals surface area contributed by atoms with E-state index in [1.807, 2.05) is 0 Å². The third kappa shape index (κ3) is 2.42. The van der Waals surface area contributed by atoms with Crippen molar-refractivity contribution < 1.29 is 0 Å². The molecule has 4 bridgehead atoms. The highest BCUT2D eigenvalue weighted by Gasteiger charge is 2.52. The molecule has 138 valence electrons. The lowest BCUT2D eigenvalue weighted by Gasteiger charge is -2.57. The summed E-state index contributed by atoms with van der Waals surface area (Å²) in [6.45, 7) is 2.23. The average molecular weight is 357 g/mol. The van der Waals surface area contributed by atoms with E-state index in [1.165, 1.54) is 66.4 Å². The molecule has 4 aliphatic rings. The number of nitrogens with zero attached hydrogens (tertiary/aromatic N) is 2. The van der Waals surface area contributed by atoms with Crippen molar-refractivity contribution >= 4 is 10.8 Å². The first kappa shape index (κ1) is 15.9. The van der Waals surface area contributed by atoms with Crippen LogP contribution in [0.3, 0.4) is 0 Å². The normalized spacial score (nSPS) is 31.7. The van der Waals surface area contributed by atoms with Gasteiger partial charge < -0.3 is 4.57 Å². The lowest BCUT2D eigenvalue weighted by molar-refractivity contribution is -0.0422. The predicted octanol–water partition coefficient (Wildman–Crippen LogP) is 6.19. The summed E-state index contributed by atoms with van der Waals surface area (Å²) in [5.74, 6) is 4.06. The molecule has 0 amide bonds. The van der Waals surface area contributed by atoms with Gasteiger partial charge in [0.05, 0.1) is 5.69 Å². The van der Waals surface area contributed by atoms with Gasteiger partial charge >= 0.3 is 0 Å². The summed E-state index contributed by atoms with van der Waals surface area (Å²) < 4.78 is 2.64. The Bertz CT molecular complexity index is 977. The Morgan fingerprint density at radius 2 is 1.59 bits per heavy atom. The van der Waals surface area contributed by atoms with E-state index in [1.54, 1.807) is 0 Å². The second-order valence-corrected chi connectivity index (χ2v) is 9.48. The molecule has 0 spiro atoms. The highest BCUT2D eigenvalue weighted by atomic mass is 15.1. The minimum absolute atomic E-state index is 0.330. The summed E-state index contributed by atoms with van der Waals surface area (Å²) in [6, 6.07) is 15.5. The summed E-state index contributed by atoms with van der Waals surface area (Å²) in [5, 5.41) is 2.62. The highest BCUT2D eigenvalue weighted by molar-refractivity contribution is 5.86. The second-order valence-electron chi connectivity index (χ2n) is 9.48. The van der Waals surface area contributed by atoms with Crippen LogP contribution < -0.4 is 0 Å². The van der Waals surface area contributed by atoms with Gasteiger partial charge in [0, 0.05) is 17.3 Å². The minimum atomic E-state index is 0.330. The van der Waals surface area contributed by atoms with Gasteiger partial charge in [-0.1, -0.05) is 43.3 Å². The van der Waals surface area contributed by atoms with E-state index in [2.05, 4.69) is 60.2 Å². The molecule has 0 radical (unpaired) electrons. The first-order chi connectivity index (χ1) is 13.2. The fourth-order valence-electron chi connectivity index (χ4n) is 6.85. The molecule has 27 heavy (non-hydrogen) atoms. The van der Waals surface area contributed by atoms with Crippen molar-refractivity contribution in [1.82, 2.24) is 9.55 Å². The fraction of sp³-hybridized carbons (Fsp3) is 0.480. The summed E-state index contributed by atoms with van der Waals surface area (Å²) in [6.07, 6.45) is 12.0. The molecule has 1 heterocycles. The second kappa shape index (κ2) is 5.70. The number of aromatic nitrogens is 2. The summed E-state index contributed by atoms with van der Waals surface area (Å²) in [5.41, 5.74) is 2.86. The number of rotatable bonds is 3. The summed E-state index contributed by atoms with van der Waals surface area (Å²) in [7, 11) is 0. The summed E-state index contributed by atoms with van der Waals surface area (Å²) >= 11 is 0. The largest absolute Gasteiger partial charge is 0.325 e. The van der Waals surface area contributed by atoms with Crippen LogP contribution in [-0.4, -0.2) is 9.55 Å². The molecular weight excluding hydrogens is 328 g/mol. The molecule has 0 unspecified atom stereocenters. The van der Waals surface area contributed by atoms with E-state index in [0.717, 1.165) is 24.2 Å². The van der Waals surface area contributed by atoms with Crippen LogP contribution >= 0.6 is 0 Å². The molecule has 0 atom stereocenters. The maximum atomic E-state index is 5.13. The smallest absolute Gasteiger partial charge is 0.140 e. The van der Waals surface area contributed by atoms with Crippen molar-refractivity contribution in [3.8, 4) is 11.4 Å². The molecule has 2 aromatic carbocycles. The quantitative estimate of drug-likeness (QED) is 0.547. The zero-order valence-electron chi connectivity index (χ0n) is 16.2. The van der Waals surface area contributed by atoms with Gasteiger partial charge in [0.1, 0.15) is 5.82 Å². The van der Waals surface area contributed by atoms with Crippen molar-refractivity contribution in [2.75, 3.05) is 0 Å². The van der Waals surface area contributed by atoms with Gasteiger partial charge in [0.15, 0.2) is 0 Å². The van der Waals surface area contributed by atoms with Crippen LogP contribution in [0, 0.1) is 17.8 Å². The number of hydrogen-bond acceptors (Lipinski definition) is 1. The maximum Gasteiger partial charge on any atom is 0.140 e. The van der Waals surface area contributed by atoms with E-state index in [9.17, 15) is 0 Å². The zero-order valence-corrected chi connectivity index (χ0v) is 16.2. The van der Waals surface area contributed by atoms with E-state index in [-0.39, 0.29) is 0 Å². The lowest BCUT2D eigenvalue weighted by Crippen LogP contribution is -2.51. The molecule has 2 heteroatoms. The van der Waals surface area contributed by atoms with Crippen LogP contribution in [0.1, 0.15) is 51.1 Å². The first-order valence-corrected chi connectivity index (χ1v) is 10.8. The molecule has 2 nitrogen and oxygen atoms in total. The SMILES string of the molecule is CCc1cn(C23CC4CC(CC(C4)C2)C3)c(-c2ccc3ccccc3c2)n1. The molecule has 4 fully saturated rings. The first-order valence-electron chi connectivity index (χ1n) is 10.8. The van der Waals surface area contributed by atoms with Crippen LogP contribution in [-0.2, 0) is 12.0 Å². The van der Waals surface area contributed by atoms with E-state index < -0.39 is 0 Å². The Hall–Kier alpha value is -2.09. The molecule has 4 saturated carbocycles. The van der Waals surface area contributed by atoms with E-state index >= 15 is 0 Å². The lowest BCUT2D eigenvalue weighted by atomic mass is 9.53. The minimum Gasteiger partial charge on any atom is -0.325 e. The predicted molar refractivity (Wildman–Crippen MR) is 111 cm³/mol. The van der Waals surface area contributed by atoms with Crippen molar-refractivity contribution in [1.29, 1.82) is 0 Å². The van der Waals surface area contributed by atoms with E-state index in [0.29, 0.717) is 5.54 Å². The van der Waals surface area contributed by atoms with Crippen molar-refractivity contribution in [3.05, 3.63) is 54.4 Å². The van der Waals surface area contributed by atoms with Gasteiger partial charge in [0.25, 0.3) is 0 Å². The van der Waals surface area contributed by atoms with Gasteiger partial charge in [-0.2, -0.15) is 0 Å². The van der Waals surface area contributed by atoms with Gasteiger partial charge in [-0.05, 0) is 79.5 Å². The number of aryl methyl sites for hydroxylation is 1. The molecular formula is C25H28N2. The van der Waals surface area contributed by atoms with Crippen molar-refractivity contribution in [2.45, 2.75) is 57.4 Å². The molecule has 4 aliphatic carbocycles. The van der Waals surface area contributed by atoms with Gasteiger partial charge in [-0.15, -0.1) is 0 Å². The molecule has 0 saturated heterocycles. The number of hydrogen-bond donors (Lipinski definition) is 0. The van der Waals surface area contributed by atoms with E-state index in [4.69, 9.17) is 4.98 Å². The van der Waals surface area contributed by atoms with Crippen molar-refractivity contribution in [2.24, 2.45) is 17.8 Å². The van der Waals surface area contributed by atoms with Gasteiger partial charge in [-0.25, -0.2) is 4.98 Å². The van der Waals surface area contributed by atoms with Crippen LogP contribution in [0.2, 0.25) is 0 Å². The van der Waals surface area contributed by atoms with Gasteiger partial charge in [0.2, 0.25) is 0 Å². The molecule has 1 aromatic heterocycles. The van der Waals surface area contributed by atoms with Crippen LogP contribution in [0.5, 0.6) is 0 Å². The third-order valence-corrected chi connectivity index (χ3v) is 7.64. The Balaban J connectivity index is 1.51. The Kier molecular flexibility index (Phi) is 3.36. The fourth-order valence-corrected chi connectivity index (χ4v) is 6.85. The summed E-state index contributed by atoms with van der Waals surface area (Å²) in [4.78, 5) is 5.13. The third-order valence-electron chi connectivity index (χ3n) is 7.64. The molecule has 0 aliphatic heterocycles.